The SMILES string of the molecule is N#CC1=C(c2ccccc2)n2c(nc3ccccc32)NC1c1ccccc1Br. The first-order valence-corrected chi connectivity index (χ1v) is 9.76. The van der Waals surface area contributed by atoms with Gasteiger partial charge in [0.2, 0.25) is 5.95 Å². The van der Waals surface area contributed by atoms with E-state index in [0.717, 1.165) is 38.3 Å². The van der Waals surface area contributed by atoms with Gasteiger partial charge < -0.3 is 5.32 Å². The minimum absolute atomic E-state index is 0.292. The third-order valence-corrected chi connectivity index (χ3v) is 5.71. The number of anilines is 1. The molecule has 1 unspecified atom stereocenters. The first kappa shape index (κ1) is 16.8. The summed E-state index contributed by atoms with van der Waals surface area (Å²) in [6.45, 7) is 0. The highest BCUT2D eigenvalue weighted by Crippen LogP contribution is 2.42. The molecule has 1 aliphatic rings. The molecule has 0 bridgehead atoms. The highest BCUT2D eigenvalue weighted by atomic mass is 79.9. The molecule has 0 saturated heterocycles. The third kappa shape index (κ3) is 2.54. The van der Waals surface area contributed by atoms with E-state index in [-0.39, 0.29) is 6.04 Å². The van der Waals surface area contributed by atoms with Crippen molar-refractivity contribution in [3.63, 3.8) is 0 Å². The molecule has 5 heteroatoms. The summed E-state index contributed by atoms with van der Waals surface area (Å²) in [6, 6.07) is 28.2. The molecule has 0 spiro atoms. The van der Waals surface area contributed by atoms with Gasteiger partial charge in [0.05, 0.1) is 34.4 Å². The van der Waals surface area contributed by atoms with Gasteiger partial charge >= 0.3 is 0 Å². The second-order valence-electron chi connectivity index (χ2n) is 6.60. The second-order valence-corrected chi connectivity index (χ2v) is 7.45. The van der Waals surface area contributed by atoms with E-state index < -0.39 is 0 Å². The summed E-state index contributed by atoms with van der Waals surface area (Å²) in [6.07, 6.45) is 0. The number of aromatic nitrogens is 2. The molecule has 0 aliphatic carbocycles. The molecule has 134 valence electrons. The van der Waals surface area contributed by atoms with Crippen LogP contribution in [0.2, 0.25) is 0 Å². The number of hydrogen-bond donors (Lipinski definition) is 1. The summed E-state index contributed by atoms with van der Waals surface area (Å²) in [7, 11) is 0. The van der Waals surface area contributed by atoms with E-state index >= 15 is 0 Å². The summed E-state index contributed by atoms with van der Waals surface area (Å²) in [5.74, 6) is 0.736. The number of hydrogen-bond acceptors (Lipinski definition) is 3. The Balaban J connectivity index is 1.86. The zero-order valence-corrected chi connectivity index (χ0v) is 16.4. The molecule has 0 radical (unpaired) electrons. The second kappa shape index (κ2) is 6.66. The molecule has 1 atom stereocenters. The normalized spacial score (nSPS) is 15.8. The van der Waals surface area contributed by atoms with Crippen molar-refractivity contribution in [1.82, 2.24) is 9.55 Å². The van der Waals surface area contributed by atoms with Crippen LogP contribution >= 0.6 is 15.9 Å². The maximum Gasteiger partial charge on any atom is 0.209 e. The molecular formula is C23H15BrN4. The largest absolute Gasteiger partial charge is 0.344 e. The average molecular weight is 427 g/mol. The van der Waals surface area contributed by atoms with Crippen LogP contribution in [-0.4, -0.2) is 9.55 Å². The van der Waals surface area contributed by atoms with Crippen LogP contribution in [0.25, 0.3) is 16.7 Å². The Labute approximate surface area is 170 Å². The van der Waals surface area contributed by atoms with Crippen LogP contribution < -0.4 is 5.32 Å². The van der Waals surface area contributed by atoms with Gasteiger partial charge in [-0.3, -0.25) is 4.57 Å². The molecule has 0 fully saturated rings. The Morgan fingerprint density at radius 2 is 1.64 bits per heavy atom. The number of rotatable bonds is 2. The first-order valence-electron chi connectivity index (χ1n) is 8.96. The molecule has 1 N–H and O–H groups in total. The van der Waals surface area contributed by atoms with Crippen molar-refractivity contribution in [2.24, 2.45) is 0 Å². The van der Waals surface area contributed by atoms with Gasteiger partial charge in [-0.15, -0.1) is 0 Å². The van der Waals surface area contributed by atoms with Crippen molar-refractivity contribution in [2.75, 3.05) is 5.32 Å². The first-order chi connectivity index (χ1) is 13.8. The Hall–Kier alpha value is -3.36. The molecule has 1 aromatic heterocycles. The van der Waals surface area contributed by atoms with Gasteiger partial charge in [0.25, 0.3) is 0 Å². The summed E-state index contributed by atoms with van der Waals surface area (Å²) < 4.78 is 3.01. The van der Waals surface area contributed by atoms with Crippen LogP contribution in [0.4, 0.5) is 5.95 Å². The Morgan fingerprint density at radius 1 is 0.929 bits per heavy atom. The number of halogens is 1. The van der Waals surface area contributed by atoms with Crippen molar-refractivity contribution in [3.05, 3.63) is 100 Å². The van der Waals surface area contributed by atoms with Gasteiger partial charge in [-0.2, -0.15) is 5.26 Å². The van der Waals surface area contributed by atoms with Crippen LogP contribution in [0.15, 0.2) is 88.9 Å². The lowest BCUT2D eigenvalue weighted by Crippen LogP contribution is -2.24. The minimum atomic E-state index is -0.292. The molecule has 2 heterocycles. The van der Waals surface area contributed by atoms with E-state index in [1.807, 2.05) is 78.9 Å². The van der Waals surface area contributed by atoms with Gasteiger partial charge in [0.15, 0.2) is 0 Å². The summed E-state index contributed by atoms with van der Waals surface area (Å²) in [4.78, 5) is 4.80. The minimum Gasteiger partial charge on any atom is -0.344 e. The lowest BCUT2D eigenvalue weighted by atomic mass is 9.93. The van der Waals surface area contributed by atoms with Gasteiger partial charge in [-0.1, -0.05) is 76.6 Å². The molecule has 1 aliphatic heterocycles. The molecule has 0 saturated carbocycles. The topological polar surface area (TPSA) is 53.6 Å². The zero-order chi connectivity index (χ0) is 19.1. The molecule has 0 amide bonds. The number of fused-ring (bicyclic) bond motifs is 3. The predicted molar refractivity (Wildman–Crippen MR) is 115 cm³/mol. The summed E-state index contributed by atoms with van der Waals surface area (Å²) in [5.41, 5.74) is 5.39. The van der Waals surface area contributed by atoms with Crippen LogP contribution in [-0.2, 0) is 0 Å². The maximum absolute atomic E-state index is 10.2. The smallest absolute Gasteiger partial charge is 0.209 e. The fourth-order valence-electron chi connectivity index (χ4n) is 3.75. The number of nitriles is 1. The zero-order valence-electron chi connectivity index (χ0n) is 14.8. The number of imidazole rings is 1. The highest BCUT2D eigenvalue weighted by Gasteiger charge is 2.32. The van der Waals surface area contributed by atoms with E-state index in [0.29, 0.717) is 5.57 Å². The highest BCUT2D eigenvalue weighted by molar-refractivity contribution is 9.10. The Morgan fingerprint density at radius 3 is 2.43 bits per heavy atom. The van der Waals surface area contributed by atoms with E-state index in [1.165, 1.54) is 0 Å². The van der Waals surface area contributed by atoms with Gasteiger partial charge in [-0.05, 0) is 29.3 Å². The van der Waals surface area contributed by atoms with Crippen molar-refractivity contribution < 1.29 is 0 Å². The number of para-hydroxylation sites is 2. The van der Waals surface area contributed by atoms with Crippen molar-refractivity contribution >= 4 is 38.6 Å². The molecule has 3 aromatic carbocycles. The van der Waals surface area contributed by atoms with E-state index in [1.54, 1.807) is 0 Å². The number of nitrogens with zero attached hydrogens (tertiary/aromatic N) is 3. The predicted octanol–water partition coefficient (Wildman–Crippen LogP) is 5.75. The van der Waals surface area contributed by atoms with Crippen LogP contribution in [0.1, 0.15) is 17.2 Å². The van der Waals surface area contributed by atoms with Crippen LogP contribution in [0, 0.1) is 11.3 Å². The van der Waals surface area contributed by atoms with Gasteiger partial charge in [-0.25, -0.2) is 4.98 Å². The van der Waals surface area contributed by atoms with E-state index in [4.69, 9.17) is 4.98 Å². The van der Waals surface area contributed by atoms with Crippen molar-refractivity contribution in [3.8, 4) is 6.07 Å². The van der Waals surface area contributed by atoms with E-state index in [9.17, 15) is 5.26 Å². The molecular weight excluding hydrogens is 412 g/mol. The maximum atomic E-state index is 10.2. The molecule has 4 nitrogen and oxygen atoms in total. The fraction of sp³-hybridized carbons (Fsp3) is 0.0435. The van der Waals surface area contributed by atoms with Gasteiger partial charge in [0, 0.05) is 4.47 Å². The van der Waals surface area contributed by atoms with Crippen molar-refractivity contribution in [2.45, 2.75) is 6.04 Å². The van der Waals surface area contributed by atoms with Crippen LogP contribution in [0.3, 0.4) is 0 Å². The monoisotopic (exact) mass is 426 g/mol. The summed E-state index contributed by atoms with van der Waals surface area (Å²) in [5, 5.41) is 13.7. The lowest BCUT2D eigenvalue weighted by molar-refractivity contribution is 0.862. The third-order valence-electron chi connectivity index (χ3n) is 4.99. The van der Waals surface area contributed by atoms with Crippen molar-refractivity contribution in [1.29, 1.82) is 5.26 Å². The van der Waals surface area contributed by atoms with Crippen LogP contribution in [0.5, 0.6) is 0 Å². The lowest BCUT2D eigenvalue weighted by Gasteiger charge is -2.29. The summed E-state index contributed by atoms with van der Waals surface area (Å²) >= 11 is 3.64. The average Bonchev–Trinajstić information content (AvgIpc) is 3.11. The Kier molecular flexibility index (Phi) is 4.00. The molecule has 5 rings (SSSR count). The van der Waals surface area contributed by atoms with Gasteiger partial charge in [0.1, 0.15) is 0 Å². The number of benzene rings is 3. The Bertz CT molecular complexity index is 1260. The standard InChI is InChI=1S/C23H15BrN4/c24-18-11-5-4-10-16(18)21-17(14-25)22(15-8-2-1-3-9-15)28-20-13-7-6-12-19(20)26-23(28)27-21/h1-13,21H,(H,26,27). The quantitative estimate of drug-likeness (QED) is 0.443. The molecule has 4 aromatic rings. The van der Waals surface area contributed by atoms with E-state index in [2.05, 4.69) is 31.9 Å². The number of nitrogens with one attached hydrogen (secondary N) is 1. The fourth-order valence-corrected chi connectivity index (χ4v) is 4.26. The molecule has 28 heavy (non-hydrogen) atoms.